The van der Waals surface area contributed by atoms with Crippen molar-refractivity contribution >= 4 is 23.1 Å². The molecule has 3 aromatic heterocycles. The first-order valence-corrected chi connectivity index (χ1v) is 10.2. The molecular weight excluding hydrogens is 394 g/mol. The number of likely N-dealkylation sites (tertiary alicyclic amines) is 1. The number of hydrogen-bond acceptors (Lipinski definition) is 5. The van der Waals surface area contributed by atoms with Gasteiger partial charge in [0.15, 0.2) is 5.76 Å². The van der Waals surface area contributed by atoms with Crippen LogP contribution in [0.3, 0.4) is 0 Å². The quantitative estimate of drug-likeness (QED) is 0.364. The van der Waals surface area contributed by atoms with Crippen LogP contribution in [0.4, 0.5) is 0 Å². The Morgan fingerprint density at radius 2 is 1.97 bits per heavy atom. The summed E-state index contributed by atoms with van der Waals surface area (Å²) in [6.07, 6.45) is 5.06. The Kier molecular flexibility index (Phi) is 5.32. The number of nitrogens with one attached hydrogen (secondary N) is 1. The fraction of sp³-hybridized carbons (Fsp3) is 0.304. The number of aromatic nitrogens is 3. The first kappa shape index (κ1) is 20.7. The fourth-order valence-corrected chi connectivity index (χ4v) is 4.07. The SMILES string of the molecule is Cc1nc2c(C)cccn2c1C(O)=C1C(=O)C(=O)N(CC[NH+](C)C)[C@H]1c1cccnc1. The molecule has 1 aliphatic heterocycles. The minimum Gasteiger partial charge on any atom is -0.505 e. The minimum atomic E-state index is -0.706. The lowest BCUT2D eigenvalue weighted by molar-refractivity contribution is -0.857. The summed E-state index contributed by atoms with van der Waals surface area (Å²) in [4.78, 5) is 37.5. The molecule has 8 nitrogen and oxygen atoms in total. The van der Waals surface area contributed by atoms with Crippen LogP contribution in [-0.4, -0.2) is 63.3 Å². The Morgan fingerprint density at radius 3 is 2.65 bits per heavy atom. The number of aliphatic hydroxyl groups is 1. The maximum absolute atomic E-state index is 13.1. The summed E-state index contributed by atoms with van der Waals surface area (Å²) < 4.78 is 1.76. The molecule has 0 bridgehead atoms. The van der Waals surface area contributed by atoms with E-state index in [9.17, 15) is 14.7 Å². The lowest BCUT2D eigenvalue weighted by atomic mass is 9.97. The molecule has 1 fully saturated rings. The fourth-order valence-electron chi connectivity index (χ4n) is 4.07. The number of likely N-dealkylation sites (N-methyl/N-ethyl adjacent to an activating group) is 1. The van der Waals surface area contributed by atoms with Crippen molar-refractivity contribution in [1.82, 2.24) is 19.3 Å². The standard InChI is InChI=1S/C23H25N5O3/c1-14-7-6-10-27-18(15(2)25-22(14)27)20(29)17-19(16-8-5-9-24-13-16)28(12-11-26(3)4)23(31)21(17)30/h5-10,13,19,29H,11-12H2,1-4H3/p+1/t19-/m0/s1. The smallest absolute Gasteiger partial charge is 0.295 e. The van der Waals surface area contributed by atoms with Crippen LogP contribution in [0.1, 0.15) is 28.6 Å². The van der Waals surface area contributed by atoms with E-state index in [1.807, 2.05) is 39.2 Å². The lowest BCUT2D eigenvalue weighted by Gasteiger charge is -2.25. The van der Waals surface area contributed by atoms with Gasteiger partial charge in [-0.1, -0.05) is 12.1 Å². The van der Waals surface area contributed by atoms with Crippen molar-refractivity contribution in [1.29, 1.82) is 0 Å². The van der Waals surface area contributed by atoms with E-state index in [1.165, 1.54) is 4.90 Å². The second-order valence-electron chi connectivity index (χ2n) is 8.17. The molecule has 0 radical (unpaired) electrons. The molecule has 0 spiro atoms. The molecule has 0 aliphatic carbocycles. The van der Waals surface area contributed by atoms with Gasteiger partial charge in [-0.15, -0.1) is 0 Å². The number of carbonyl (C=O) groups excluding carboxylic acids is 2. The summed E-state index contributed by atoms with van der Waals surface area (Å²) >= 11 is 0. The number of pyridine rings is 2. The molecule has 8 heteroatoms. The van der Waals surface area contributed by atoms with Crippen LogP contribution in [0, 0.1) is 13.8 Å². The molecule has 4 rings (SSSR count). The number of fused-ring (bicyclic) bond motifs is 1. The number of aryl methyl sites for hydroxylation is 2. The first-order chi connectivity index (χ1) is 14.8. The monoisotopic (exact) mass is 420 g/mol. The van der Waals surface area contributed by atoms with E-state index in [2.05, 4.69) is 9.97 Å². The van der Waals surface area contributed by atoms with Gasteiger partial charge >= 0.3 is 0 Å². The molecule has 160 valence electrons. The van der Waals surface area contributed by atoms with Crippen molar-refractivity contribution in [3.05, 3.63) is 70.9 Å². The number of nitrogens with zero attached hydrogens (tertiary/aromatic N) is 4. The Labute approximate surface area is 180 Å². The van der Waals surface area contributed by atoms with Gasteiger partial charge in [-0.2, -0.15) is 0 Å². The third-order valence-electron chi connectivity index (χ3n) is 5.64. The highest BCUT2D eigenvalue weighted by molar-refractivity contribution is 6.46. The van der Waals surface area contributed by atoms with Crippen LogP contribution >= 0.6 is 0 Å². The summed E-state index contributed by atoms with van der Waals surface area (Å²) in [5.41, 5.74) is 3.40. The van der Waals surface area contributed by atoms with E-state index in [1.54, 1.807) is 36.0 Å². The maximum atomic E-state index is 13.1. The maximum Gasteiger partial charge on any atom is 0.295 e. The minimum absolute atomic E-state index is 0.0677. The molecule has 1 amide bonds. The van der Waals surface area contributed by atoms with Crippen molar-refractivity contribution in [2.24, 2.45) is 0 Å². The van der Waals surface area contributed by atoms with E-state index in [0.717, 1.165) is 10.5 Å². The number of carbonyl (C=O) groups is 2. The van der Waals surface area contributed by atoms with Gasteiger partial charge in [0.25, 0.3) is 11.7 Å². The van der Waals surface area contributed by atoms with Gasteiger partial charge in [0.1, 0.15) is 11.3 Å². The third-order valence-corrected chi connectivity index (χ3v) is 5.64. The predicted octanol–water partition coefficient (Wildman–Crippen LogP) is 0.912. The summed E-state index contributed by atoms with van der Waals surface area (Å²) in [6, 6.07) is 6.66. The normalized spacial score (nSPS) is 18.5. The summed E-state index contributed by atoms with van der Waals surface area (Å²) in [5.74, 6) is -1.52. The Bertz CT molecular complexity index is 1200. The van der Waals surface area contributed by atoms with Gasteiger partial charge < -0.3 is 14.9 Å². The Hall–Kier alpha value is -3.52. The van der Waals surface area contributed by atoms with Gasteiger partial charge in [-0.05, 0) is 37.1 Å². The van der Waals surface area contributed by atoms with Gasteiger partial charge in [0.05, 0.1) is 44.5 Å². The zero-order valence-electron chi connectivity index (χ0n) is 18.1. The van der Waals surface area contributed by atoms with Gasteiger partial charge in [0, 0.05) is 18.6 Å². The van der Waals surface area contributed by atoms with E-state index < -0.39 is 17.7 Å². The number of Topliss-reactive ketones (excluding diaryl/α,β-unsaturated/α-hetero) is 1. The molecular formula is C23H26N5O3+. The summed E-state index contributed by atoms with van der Waals surface area (Å²) in [7, 11) is 3.97. The molecule has 1 atom stereocenters. The number of quaternary nitrogens is 1. The molecule has 4 heterocycles. The van der Waals surface area contributed by atoms with Gasteiger partial charge in [0.2, 0.25) is 0 Å². The molecule has 3 aromatic rings. The van der Waals surface area contributed by atoms with Crippen molar-refractivity contribution in [2.45, 2.75) is 19.9 Å². The van der Waals surface area contributed by atoms with Crippen molar-refractivity contribution in [2.75, 3.05) is 27.2 Å². The van der Waals surface area contributed by atoms with Gasteiger partial charge in [-0.25, -0.2) is 4.98 Å². The molecule has 1 saturated heterocycles. The third kappa shape index (κ3) is 3.48. The van der Waals surface area contributed by atoms with Crippen molar-refractivity contribution in [3.8, 4) is 0 Å². The topological polar surface area (TPSA) is 92.2 Å². The zero-order chi connectivity index (χ0) is 22.3. The largest absolute Gasteiger partial charge is 0.505 e. The van der Waals surface area contributed by atoms with Crippen LogP contribution in [0.2, 0.25) is 0 Å². The number of aliphatic hydroxyl groups excluding tert-OH is 1. The van der Waals surface area contributed by atoms with E-state index >= 15 is 0 Å². The highest BCUT2D eigenvalue weighted by Gasteiger charge is 2.46. The highest BCUT2D eigenvalue weighted by atomic mass is 16.3. The van der Waals surface area contributed by atoms with E-state index in [0.29, 0.717) is 35.7 Å². The van der Waals surface area contributed by atoms with E-state index in [4.69, 9.17) is 0 Å². The van der Waals surface area contributed by atoms with Crippen molar-refractivity contribution < 1.29 is 19.6 Å². The molecule has 0 unspecified atom stereocenters. The molecule has 1 aliphatic rings. The van der Waals surface area contributed by atoms with Crippen LogP contribution < -0.4 is 4.90 Å². The molecule has 2 N–H and O–H groups in total. The van der Waals surface area contributed by atoms with Crippen LogP contribution in [0.25, 0.3) is 11.4 Å². The summed E-state index contributed by atoms with van der Waals surface area (Å²) in [5, 5.41) is 11.4. The number of hydrogen-bond donors (Lipinski definition) is 2. The lowest BCUT2D eigenvalue weighted by Crippen LogP contribution is -3.06. The van der Waals surface area contributed by atoms with Crippen LogP contribution in [0.15, 0.2) is 48.4 Å². The highest BCUT2D eigenvalue weighted by Crippen LogP contribution is 2.39. The van der Waals surface area contributed by atoms with E-state index in [-0.39, 0.29) is 11.3 Å². The number of rotatable bonds is 5. The number of amides is 1. The predicted molar refractivity (Wildman–Crippen MR) is 116 cm³/mol. The first-order valence-electron chi connectivity index (χ1n) is 10.2. The second kappa shape index (κ2) is 7.96. The Morgan fingerprint density at radius 1 is 1.19 bits per heavy atom. The molecule has 0 aromatic carbocycles. The van der Waals surface area contributed by atoms with Crippen LogP contribution in [-0.2, 0) is 9.59 Å². The second-order valence-corrected chi connectivity index (χ2v) is 8.17. The zero-order valence-corrected chi connectivity index (χ0v) is 18.1. The molecule has 0 saturated carbocycles. The van der Waals surface area contributed by atoms with Crippen molar-refractivity contribution in [3.63, 3.8) is 0 Å². The summed E-state index contributed by atoms with van der Waals surface area (Å²) in [6.45, 7) is 4.77. The average Bonchev–Trinajstić information content (AvgIpc) is 3.21. The Balaban J connectivity index is 1.94. The van der Waals surface area contributed by atoms with Crippen LogP contribution in [0.5, 0.6) is 0 Å². The molecule has 31 heavy (non-hydrogen) atoms. The number of ketones is 1. The number of imidazole rings is 1. The van der Waals surface area contributed by atoms with Gasteiger partial charge in [-0.3, -0.25) is 19.0 Å². The average molecular weight is 420 g/mol.